The lowest BCUT2D eigenvalue weighted by molar-refractivity contribution is 0.375. The molecule has 2 nitrogen and oxygen atoms in total. The highest BCUT2D eigenvalue weighted by molar-refractivity contribution is 5.93. The zero-order valence-corrected chi connectivity index (χ0v) is 9.28. The predicted molar refractivity (Wildman–Crippen MR) is 60.0 cm³/mol. The van der Waals surface area contributed by atoms with E-state index in [2.05, 4.69) is 23.7 Å². The van der Waals surface area contributed by atoms with Gasteiger partial charge in [0.05, 0.1) is 0 Å². The van der Waals surface area contributed by atoms with E-state index >= 15 is 0 Å². The standard InChI is InChI=1S/C11H20N2/c1-6-7-11(4)12-8-9-13(5)10(2)3/h6-10H,1-5H3/b7-6-,9-8-,12-11+. The normalized spacial score (nSPS) is 13.5. The van der Waals surface area contributed by atoms with Crippen molar-refractivity contribution in [1.29, 1.82) is 0 Å². The Morgan fingerprint density at radius 2 is 2.00 bits per heavy atom. The summed E-state index contributed by atoms with van der Waals surface area (Å²) in [7, 11) is 2.04. The lowest BCUT2D eigenvalue weighted by Crippen LogP contribution is -2.19. The van der Waals surface area contributed by atoms with Gasteiger partial charge in [-0.3, -0.25) is 4.99 Å². The summed E-state index contributed by atoms with van der Waals surface area (Å²) >= 11 is 0. The van der Waals surface area contributed by atoms with Gasteiger partial charge in [0, 0.05) is 31.2 Å². The highest BCUT2D eigenvalue weighted by atomic mass is 15.1. The fraction of sp³-hybridized carbons (Fsp3) is 0.545. The lowest BCUT2D eigenvalue weighted by Gasteiger charge is -2.17. The molecule has 2 heteroatoms. The average molecular weight is 180 g/mol. The Morgan fingerprint density at radius 1 is 1.38 bits per heavy atom. The van der Waals surface area contributed by atoms with Gasteiger partial charge in [0.25, 0.3) is 0 Å². The van der Waals surface area contributed by atoms with Crippen LogP contribution in [0.3, 0.4) is 0 Å². The zero-order valence-electron chi connectivity index (χ0n) is 9.28. The summed E-state index contributed by atoms with van der Waals surface area (Å²) in [6.45, 7) is 8.27. The van der Waals surface area contributed by atoms with Crippen molar-refractivity contribution < 1.29 is 0 Å². The van der Waals surface area contributed by atoms with Crippen molar-refractivity contribution in [3.63, 3.8) is 0 Å². The third kappa shape index (κ3) is 6.14. The Balaban J connectivity index is 4.06. The lowest BCUT2D eigenvalue weighted by atomic mass is 10.3. The van der Waals surface area contributed by atoms with Crippen LogP contribution >= 0.6 is 0 Å². The van der Waals surface area contributed by atoms with Crippen molar-refractivity contribution in [3.05, 3.63) is 24.6 Å². The number of hydrogen-bond donors (Lipinski definition) is 0. The molecule has 0 saturated carbocycles. The monoisotopic (exact) mass is 180 g/mol. The van der Waals surface area contributed by atoms with Crippen LogP contribution in [0.5, 0.6) is 0 Å². The molecule has 0 aliphatic carbocycles. The first-order chi connectivity index (χ1) is 6.07. The van der Waals surface area contributed by atoms with E-state index in [1.807, 2.05) is 45.4 Å². The van der Waals surface area contributed by atoms with E-state index in [0.717, 1.165) is 5.71 Å². The highest BCUT2D eigenvalue weighted by Crippen LogP contribution is 1.94. The Bertz CT molecular complexity index is 212. The van der Waals surface area contributed by atoms with Crippen molar-refractivity contribution in [3.8, 4) is 0 Å². The molecule has 0 amide bonds. The third-order valence-electron chi connectivity index (χ3n) is 1.80. The van der Waals surface area contributed by atoms with Gasteiger partial charge in [0.1, 0.15) is 0 Å². The Labute approximate surface area is 81.7 Å². The minimum absolute atomic E-state index is 0.522. The van der Waals surface area contributed by atoms with E-state index in [-0.39, 0.29) is 0 Å². The number of aliphatic imine (C=N–C) groups is 1. The molecule has 0 radical (unpaired) electrons. The van der Waals surface area contributed by atoms with Crippen LogP contribution in [0.25, 0.3) is 0 Å². The van der Waals surface area contributed by atoms with Gasteiger partial charge in [-0.15, -0.1) is 0 Å². The van der Waals surface area contributed by atoms with Crippen LogP contribution in [0, 0.1) is 0 Å². The smallest absolute Gasteiger partial charge is 0.0429 e. The van der Waals surface area contributed by atoms with Gasteiger partial charge in [0.15, 0.2) is 0 Å². The summed E-state index contributed by atoms with van der Waals surface area (Å²) in [6.07, 6.45) is 7.78. The molecule has 0 unspecified atom stereocenters. The molecule has 0 aromatic heterocycles. The van der Waals surface area contributed by atoms with Crippen LogP contribution in [0.15, 0.2) is 29.5 Å². The second-order valence-electron chi connectivity index (χ2n) is 3.33. The molecule has 0 saturated heterocycles. The van der Waals surface area contributed by atoms with E-state index in [4.69, 9.17) is 0 Å². The largest absolute Gasteiger partial charge is 0.377 e. The van der Waals surface area contributed by atoms with Gasteiger partial charge in [-0.05, 0) is 33.8 Å². The van der Waals surface area contributed by atoms with Crippen molar-refractivity contribution in [2.75, 3.05) is 7.05 Å². The third-order valence-corrected chi connectivity index (χ3v) is 1.80. The van der Waals surface area contributed by atoms with Crippen LogP contribution in [0.1, 0.15) is 27.7 Å². The molecular weight excluding hydrogens is 160 g/mol. The van der Waals surface area contributed by atoms with Crippen LogP contribution in [0.2, 0.25) is 0 Å². The van der Waals surface area contributed by atoms with Crippen LogP contribution < -0.4 is 0 Å². The van der Waals surface area contributed by atoms with Gasteiger partial charge in [0.2, 0.25) is 0 Å². The molecule has 13 heavy (non-hydrogen) atoms. The molecule has 0 aromatic carbocycles. The summed E-state index contributed by atoms with van der Waals surface area (Å²) in [5.74, 6) is 0. The predicted octanol–water partition coefficient (Wildman–Crippen LogP) is 2.83. The minimum Gasteiger partial charge on any atom is -0.377 e. The molecule has 0 bridgehead atoms. The second kappa shape index (κ2) is 6.46. The fourth-order valence-corrected chi connectivity index (χ4v) is 0.712. The molecule has 0 atom stereocenters. The Hall–Kier alpha value is -1.05. The fourth-order valence-electron chi connectivity index (χ4n) is 0.712. The zero-order chi connectivity index (χ0) is 10.3. The molecule has 0 N–H and O–H groups in total. The van der Waals surface area contributed by atoms with Gasteiger partial charge in [-0.1, -0.05) is 6.08 Å². The number of rotatable bonds is 4. The maximum atomic E-state index is 4.24. The summed E-state index contributed by atoms with van der Waals surface area (Å²) in [4.78, 5) is 6.36. The molecule has 0 aliphatic rings. The van der Waals surface area contributed by atoms with Crippen molar-refractivity contribution in [1.82, 2.24) is 4.90 Å². The topological polar surface area (TPSA) is 15.6 Å². The minimum atomic E-state index is 0.522. The summed E-state index contributed by atoms with van der Waals surface area (Å²) in [6, 6.07) is 0.522. The molecule has 0 heterocycles. The van der Waals surface area contributed by atoms with Crippen LogP contribution in [-0.4, -0.2) is 23.7 Å². The maximum absolute atomic E-state index is 4.24. The second-order valence-corrected chi connectivity index (χ2v) is 3.33. The summed E-state index contributed by atoms with van der Waals surface area (Å²) in [5.41, 5.74) is 1.02. The van der Waals surface area contributed by atoms with Crippen molar-refractivity contribution in [2.45, 2.75) is 33.7 Å². The molecule has 0 fully saturated rings. The van der Waals surface area contributed by atoms with Gasteiger partial charge in [-0.25, -0.2) is 0 Å². The average Bonchev–Trinajstić information content (AvgIpc) is 2.04. The quantitative estimate of drug-likeness (QED) is 0.607. The van der Waals surface area contributed by atoms with E-state index in [1.165, 1.54) is 0 Å². The SMILES string of the molecule is C\C=C/C(C)=N/C=C\N(C)C(C)C. The van der Waals surface area contributed by atoms with Gasteiger partial charge in [-0.2, -0.15) is 0 Å². The highest BCUT2D eigenvalue weighted by Gasteiger charge is 1.93. The molecule has 74 valence electrons. The molecular formula is C11H20N2. The van der Waals surface area contributed by atoms with Crippen LogP contribution in [-0.2, 0) is 0 Å². The molecule has 0 spiro atoms. The number of nitrogens with zero attached hydrogens (tertiary/aromatic N) is 2. The Kier molecular flexibility index (Phi) is 5.94. The van der Waals surface area contributed by atoms with E-state index in [0.29, 0.717) is 6.04 Å². The first kappa shape index (κ1) is 11.9. The number of allylic oxidation sites excluding steroid dienone is 2. The van der Waals surface area contributed by atoms with E-state index in [9.17, 15) is 0 Å². The molecule has 0 aromatic rings. The van der Waals surface area contributed by atoms with Gasteiger partial charge < -0.3 is 4.90 Å². The van der Waals surface area contributed by atoms with E-state index < -0.39 is 0 Å². The maximum Gasteiger partial charge on any atom is 0.0429 e. The first-order valence-corrected chi connectivity index (χ1v) is 4.63. The van der Waals surface area contributed by atoms with E-state index in [1.54, 1.807) is 0 Å². The molecule has 0 rings (SSSR count). The number of hydrogen-bond acceptors (Lipinski definition) is 2. The van der Waals surface area contributed by atoms with Crippen molar-refractivity contribution >= 4 is 5.71 Å². The van der Waals surface area contributed by atoms with Gasteiger partial charge >= 0.3 is 0 Å². The summed E-state index contributed by atoms with van der Waals surface area (Å²) < 4.78 is 0. The molecule has 0 aliphatic heterocycles. The summed E-state index contributed by atoms with van der Waals surface area (Å²) in [5, 5.41) is 0. The van der Waals surface area contributed by atoms with Crippen molar-refractivity contribution in [2.24, 2.45) is 4.99 Å². The van der Waals surface area contributed by atoms with Crippen LogP contribution in [0.4, 0.5) is 0 Å². The first-order valence-electron chi connectivity index (χ1n) is 4.63. The Morgan fingerprint density at radius 3 is 2.46 bits per heavy atom.